The fourth-order valence-electron chi connectivity index (χ4n) is 5.26. The van der Waals surface area contributed by atoms with Crippen molar-refractivity contribution in [1.29, 1.82) is 0 Å². The summed E-state index contributed by atoms with van der Waals surface area (Å²) in [6.07, 6.45) is 13.8. The van der Waals surface area contributed by atoms with Gasteiger partial charge in [0.15, 0.2) is 0 Å². The zero-order chi connectivity index (χ0) is 18.7. The van der Waals surface area contributed by atoms with Crippen LogP contribution in [0.2, 0.25) is 0 Å². The number of pyridine rings is 1. The standard InChI is InChI=1S/C22H31N3O2/c26-20(8-7-18-9-13-23-14-10-18)24-16-12-22(17-24)11-4-15-25(21(22)27)19-5-2-1-3-6-19/h9-10,13-14,19H,1-8,11-12,15-17H2/t22-/m1/s1. The molecular weight excluding hydrogens is 338 g/mol. The van der Waals surface area contributed by atoms with E-state index >= 15 is 0 Å². The van der Waals surface area contributed by atoms with Gasteiger partial charge in [-0.1, -0.05) is 19.3 Å². The summed E-state index contributed by atoms with van der Waals surface area (Å²) < 4.78 is 0. The van der Waals surface area contributed by atoms with Crippen LogP contribution in [-0.4, -0.2) is 52.3 Å². The van der Waals surface area contributed by atoms with Gasteiger partial charge in [-0.3, -0.25) is 14.6 Å². The summed E-state index contributed by atoms with van der Waals surface area (Å²) in [5.74, 6) is 0.524. The number of rotatable bonds is 4. The van der Waals surface area contributed by atoms with Gasteiger partial charge in [0.25, 0.3) is 0 Å². The molecular formula is C22H31N3O2. The number of hydrogen-bond acceptors (Lipinski definition) is 3. The quantitative estimate of drug-likeness (QED) is 0.819. The normalized spacial score (nSPS) is 26.7. The highest BCUT2D eigenvalue weighted by atomic mass is 16.2. The lowest BCUT2D eigenvalue weighted by atomic mass is 9.77. The molecule has 2 amide bonds. The zero-order valence-electron chi connectivity index (χ0n) is 16.2. The van der Waals surface area contributed by atoms with E-state index < -0.39 is 0 Å². The van der Waals surface area contributed by atoms with Gasteiger partial charge in [-0.05, 0) is 56.2 Å². The van der Waals surface area contributed by atoms with Crippen LogP contribution in [-0.2, 0) is 16.0 Å². The number of carbonyl (C=O) groups excluding carboxylic acids is 2. The van der Waals surface area contributed by atoms with Gasteiger partial charge < -0.3 is 9.80 Å². The predicted octanol–water partition coefficient (Wildman–Crippen LogP) is 3.19. The summed E-state index contributed by atoms with van der Waals surface area (Å²) in [5, 5.41) is 0. The number of amides is 2. The van der Waals surface area contributed by atoms with E-state index in [1.165, 1.54) is 19.3 Å². The van der Waals surface area contributed by atoms with Crippen molar-refractivity contribution in [2.45, 2.75) is 70.3 Å². The molecule has 1 aliphatic carbocycles. The van der Waals surface area contributed by atoms with Crippen molar-refractivity contribution in [2.24, 2.45) is 5.41 Å². The van der Waals surface area contributed by atoms with Gasteiger partial charge in [-0.2, -0.15) is 0 Å². The first kappa shape index (κ1) is 18.5. The Labute approximate surface area is 162 Å². The van der Waals surface area contributed by atoms with Crippen molar-refractivity contribution >= 4 is 11.8 Å². The minimum atomic E-state index is -0.304. The molecule has 5 heteroatoms. The van der Waals surface area contributed by atoms with Crippen molar-refractivity contribution < 1.29 is 9.59 Å². The minimum Gasteiger partial charge on any atom is -0.342 e. The molecule has 1 spiro atoms. The third kappa shape index (κ3) is 3.87. The summed E-state index contributed by atoms with van der Waals surface area (Å²) >= 11 is 0. The number of piperidine rings is 1. The first-order valence-corrected chi connectivity index (χ1v) is 10.7. The Bertz CT molecular complexity index is 671. The SMILES string of the molecule is O=C(CCc1ccncc1)N1CC[C@]2(CCCN(C3CCCCC3)C2=O)C1. The lowest BCUT2D eigenvalue weighted by Crippen LogP contribution is -2.54. The summed E-state index contributed by atoms with van der Waals surface area (Å²) in [7, 11) is 0. The smallest absolute Gasteiger partial charge is 0.230 e. The second-order valence-corrected chi connectivity index (χ2v) is 8.60. The van der Waals surface area contributed by atoms with Crippen LogP contribution in [0.25, 0.3) is 0 Å². The fraction of sp³-hybridized carbons (Fsp3) is 0.682. The monoisotopic (exact) mass is 369 g/mol. The number of hydrogen-bond donors (Lipinski definition) is 0. The van der Waals surface area contributed by atoms with Crippen LogP contribution < -0.4 is 0 Å². The highest BCUT2D eigenvalue weighted by Gasteiger charge is 2.50. The van der Waals surface area contributed by atoms with Gasteiger partial charge in [0.2, 0.25) is 11.8 Å². The number of carbonyl (C=O) groups is 2. The Kier molecular flexibility index (Phi) is 5.46. The zero-order valence-corrected chi connectivity index (χ0v) is 16.2. The van der Waals surface area contributed by atoms with E-state index in [0.29, 0.717) is 24.9 Å². The van der Waals surface area contributed by atoms with E-state index in [4.69, 9.17) is 0 Å². The lowest BCUT2D eigenvalue weighted by Gasteiger charge is -2.44. The van der Waals surface area contributed by atoms with Crippen LogP contribution in [0.5, 0.6) is 0 Å². The van der Waals surface area contributed by atoms with E-state index in [1.54, 1.807) is 12.4 Å². The molecule has 0 N–H and O–H groups in total. The number of likely N-dealkylation sites (tertiary alicyclic amines) is 2. The first-order valence-electron chi connectivity index (χ1n) is 10.7. The molecule has 2 saturated heterocycles. The van der Waals surface area contributed by atoms with Crippen molar-refractivity contribution in [1.82, 2.24) is 14.8 Å². The summed E-state index contributed by atoms with van der Waals surface area (Å²) in [4.78, 5) is 34.3. The van der Waals surface area contributed by atoms with Crippen molar-refractivity contribution in [3.05, 3.63) is 30.1 Å². The van der Waals surface area contributed by atoms with Gasteiger partial charge >= 0.3 is 0 Å². The molecule has 0 radical (unpaired) electrons. The van der Waals surface area contributed by atoms with Crippen LogP contribution in [0.4, 0.5) is 0 Å². The molecule has 1 aromatic rings. The molecule has 0 unspecified atom stereocenters. The third-order valence-electron chi connectivity index (χ3n) is 6.87. The van der Waals surface area contributed by atoms with E-state index in [9.17, 15) is 9.59 Å². The second-order valence-electron chi connectivity index (χ2n) is 8.60. The molecule has 0 bridgehead atoms. The third-order valence-corrected chi connectivity index (χ3v) is 6.87. The Morgan fingerprint density at radius 3 is 2.63 bits per heavy atom. The molecule has 1 atom stereocenters. The fourth-order valence-corrected chi connectivity index (χ4v) is 5.26. The molecule has 1 aromatic heterocycles. The van der Waals surface area contributed by atoms with Crippen LogP contribution >= 0.6 is 0 Å². The second kappa shape index (κ2) is 7.99. The molecule has 146 valence electrons. The maximum Gasteiger partial charge on any atom is 0.230 e. The molecule has 2 aliphatic heterocycles. The molecule has 3 heterocycles. The maximum absolute atomic E-state index is 13.4. The van der Waals surface area contributed by atoms with Crippen molar-refractivity contribution in [2.75, 3.05) is 19.6 Å². The molecule has 4 rings (SSSR count). The van der Waals surface area contributed by atoms with Crippen LogP contribution in [0, 0.1) is 5.41 Å². The lowest BCUT2D eigenvalue weighted by molar-refractivity contribution is -0.149. The summed E-state index contributed by atoms with van der Waals surface area (Å²) in [6.45, 7) is 2.28. The van der Waals surface area contributed by atoms with Crippen molar-refractivity contribution in [3.8, 4) is 0 Å². The van der Waals surface area contributed by atoms with E-state index in [0.717, 1.165) is 57.2 Å². The molecule has 27 heavy (non-hydrogen) atoms. The van der Waals surface area contributed by atoms with Gasteiger partial charge in [-0.25, -0.2) is 0 Å². The van der Waals surface area contributed by atoms with Crippen LogP contribution in [0.15, 0.2) is 24.5 Å². The number of aryl methyl sites for hydroxylation is 1. The maximum atomic E-state index is 13.4. The largest absolute Gasteiger partial charge is 0.342 e. The van der Waals surface area contributed by atoms with Crippen molar-refractivity contribution in [3.63, 3.8) is 0 Å². The van der Waals surface area contributed by atoms with Crippen LogP contribution in [0.1, 0.15) is 63.4 Å². The van der Waals surface area contributed by atoms with E-state index in [1.807, 2.05) is 17.0 Å². The molecule has 3 fully saturated rings. The Morgan fingerprint density at radius 2 is 1.85 bits per heavy atom. The molecule has 0 aromatic carbocycles. The first-order chi connectivity index (χ1) is 13.2. The highest BCUT2D eigenvalue weighted by Crippen LogP contribution is 2.42. The molecule has 1 saturated carbocycles. The Balaban J connectivity index is 1.36. The Hall–Kier alpha value is -1.91. The average molecular weight is 370 g/mol. The van der Waals surface area contributed by atoms with Crippen LogP contribution in [0.3, 0.4) is 0 Å². The summed E-state index contributed by atoms with van der Waals surface area (Å²) in [5.41, 5.74) is 0.839. The number of aromatic nitrogens is 1. The van der Waals surface area contributed by atoms with Gasteiger partial charge in [0.05, 0.1) is 5.41 Å². The molecule has 3 aliphatic rings. The van der Waals surface area contributed by atoms with E-state index in [-0.39, 0.29) is 11.3 Å². The average Bonchev–Trinajstić information content (AvgIpc) is 3.15. The summed E-state index contributed by atoms with van der Waals surface area (Å²) in [6, 6.07) is 4.37. The minimum absolute atomic E-state index is 0.186. The number of nitrogens with zero attached hydrogens (tertiary/aromatic N) is 3. The Morgan fingerprint density at radius 1 is 1.07 bits per heavy atom. The predicted molar refractivity (Wildman–Crippen MR) is 104 cm³/mol. The highest BCUT2D eigenvalue weighted by molar-refractivity contribution is 5.86. The van der Waals surface area contributed by atoms with Gasteiger partial charge in [0, 0.05) is 44.5 Å². The van der Waals surface area contributed by atoms with E-state index in [2.05, 4.69) is 9.88 Å². The van der Waals surface area contributed by atoms with Gasteiger partial charge in [0.1, 0.15) is 0 Å². The molecule has 5 nitrogen and oxygen atoms in total. The topological polar surface area (TPSA) is 53.5 Å². The van der Waals surface area contributed by atoms with Gasteiger partial charge in [-0.15, -0.1) is 0 Å².